The molecule has 0 bridgehead atoms. The highest BCUT2D eigenvalue weighted by Crippen LogP contribution is 2.36. The lowest BCUT2D eigenvalue weighted by atomic mass is 9.99. The molecule has 3 amide bonds. The van der Waals surface area contributed by atoms with Crippen molar-refractivity contribution in [1.82, 2.24) is 9.21 Å². The summed E-state index contributed by atoms with van der Waals surface area (Å²) in [6.45, 7) is 3.59. The van der Waals surface area contributed by atoms with E-state index in [-0.39, 0.29) is 60.2 Å². The maximum Gasteiger partial charge on any atom is 0.323 e. The molecular formula is C30H34N4O8S. The summed E-state index contributed by atoms with van der Waals surface area (Å²) in [7, 11) is -2.37. The minimum atomic E-state index is -3.84. The summed E-state index contributed by atoms with van der Waals surface area (Å²) in [6, 6.07) is 16.7. The molecule has 2 heterocycles. The Labute approximate surface area is 250 Å². The van der Waals surface area contributed by atoms with Gasteiger partial charge in [-0.05, 0) is 43.3 Å². The van der Waals surface area contributed by atoms with Crippen LogP contribution in [0.3, 0.4) is 0 Å². The van der Waals surface area contributed by atoms with E-state index in [0.29, 0.717) is 17.2 Å². The molecule has 0 aromatic heterocycles. The quantitative estimate of drug-likeness (QED) is 0.351. The van der Waals surface area contributed by atoms with Crippen LogP contribution in [0.2, 0.25) is 0 Å². The van der Waals surface area contributed by atoms with Gasteiger partial charge in [0, 0.05) is 31.3 Å². The van der Waals surface area contributed by atoms with Gasteiger partial charge in [-0.25, -0.2) is 13.2 Å². The van der Waals surface area contributed by atoms with Crippen LogP contribution >= 0.6 is 0 Å². The number of amides is 3. The molecule has 0 spiro atoms. The number of anilines is 2. The van der Waals surface area contributed by atoms with Crippen molar-refractivity contribution in [2.45, 2.75) is 30.9 Å². The fourth-order valence-electron chi connectivity index (χ4n) is 4.94. The zero-order valence-corrected chi connectivity index (χ0v) is 24.8. The lowest BCUT2D eigenvalue weighted by Gasteiger charge is -2.38. The molecule has 0 radical (unpaired) electrons. The van der Waals surface area contributed by atoms with E-state index in [9.17, 15) is 23.1 Å². The number of hydrogen-bond donors (Lipinski definition) is 3. The number of aliphatic hydroxyl groups is 1. The van der Waals surface area contributed by atoms with E-state index >= 15 is 0 Å². The molecule has 3 aromatic carbocycles. The summed E-state index contributed by atoms with van der Waals surface area (Å²) in [5, 5.41) is 15.4. The zero-order valence-electron chi connectivity index (χ0n) is 24.0. The van der Waals surface area contributed by atoms with Crippen LogP contribution in [-0.4, -0.2) is 80.4 Å². The smallest absolute Gasteiger partial charge is 0.323 e. The maximum atomic E-state index is 13.7. The number of sulfonamides is 1. The van der Waals surface area contributed by atoms with Crippen molar-refractivity contribution in [2.75, 3.05) is 44.2 Å². The van der Waals surface area contributed by atoms with Gasteiger partial charge in [0.1, 0.15) is 6.10 Å². The monoisotopic (exact) mass is 610 g/mol. The normalized spacial score (nSPS) is 18.7. The predicted octanol–water partition coefficient (Wildman–Crippen LogP) is 3.60. The van der Waals surface area contributed by atoms with Crippen LogP contribution in [0.15, 0.2) is 71.6 Å². The molecule has 0 unspecified atom stereocenters. The topological polar surface area (TPSA) is 147 Å². The highest BCUT2D eigenvalue weighted by Gasteiger charge is 2.36. The Morgan fingerprint density at radius 1 is 1.07 bits per heavy atom. The van der Waals surface area contributed by atoms with Crippen molar-refractivity contribution in [3.05, 3.63) is 72.3 Å². The minimum absolute atomic E-state index is 0.0366. The molecule has 2 aliphatic rings. The number of aliphatic hydroxyl groups excluding tert-OH is 1. The molecule has 5 rings (SSSR count). The SMILES string of the molecule is C[C@@H]1CN([C@H](C)CO)C(=O)c2cccc(NC(=O)Nc3ccc4c(c3)OCO4)c2O[C@@H]1CN(C)S(=O)(=O)c1ccccc1. The van der Waals surface area contributed by atoms with Gasteiger partial charge >= 0.3 is 6.03 Å². The number of benzene rings is 3. The third-order valence-corrected chi connectivity index (χ3v) is 9.30. The molecular weight excluding hydrogens is 576 g/mol. The Bertz CT molecular complexity index is 1600. The Hall–Kier alpha value is -4.33. The number of ether oxygens (including phenoxy) is 3. The number of nitrogens with zero attached hydrogens (tertiary/aromatic N) is 2. The maximum absolute atomic E-state index is 13.7. The summed E-state index contributed by atoms with van der Waals surface area (Å²) in [6.07, 6.45) is -0.719. The molecule has 13 heteroatoms. The van der Waals surface area contributed by atoms with E-state index in [1.165, 1.54) is 23.5 Å². The Morgan fingerprint density at radius 3 is 2.56 bits per heavy atom. The van der Waals surface area contributed by atoms with Crippen LogP contribution in [0.1, 0.15) is 24.2 Å². The molecule has 3 N–H and O–H groups in total. The Kier molecular flexibility index (Phi) is 8.76. The number of carbonyl (C=O) groups is 2. The van der Waals surface area contributed by atoms with E-state index in [4.69, 9.17) is 14.2 Å². The molecule has 3 aromatic rings. The summed E-state index contributed by atoms with van der Waals surface area (Å²) in [5.74, 6) is 0.442. The molecule has 228 valence electrons. The molecule has 43 heavy (non-hydrogen) atoms. The third-order valence-electron chi connectivity index (χ3n) is 7.46. The molecule has 2 aliphatic heterocycles. The number of likely N-dealkylation sites (N-methyl/N-ethyl adjacent to an activating group) is 1. The highest BCUT2D eigenvalue weighted by molar-refractivity contribution is 7.89. The predicted molar refractivity (Wildman–Crippen MR) is 159 cm³/mol. The average molecular weight is 611 g/mol. The first-order valence-corrected chi connectivity index (χ1v) is 15.2. The number of hydrogen-bond acceptors (Lipinski definition) is 8. The number of fused-ring (bicyclic) bond motifs is 2. The summed E-state index contributed by atoms with van der Waals surface area (Å²) >= 11 is 0. The van der Waals surface area contributed by atoms with Crippen molar-refractivity contribution in [1.29, 1.82) is 0 Å². The number of para-hydroxylation sites is 1. The van der Waals surface area contributed by atoms with Crippen molar-refractivity contribution in [3.8, 4) is 17.2 Å². The zero-order chi connectivity index (χ0) is 30.7. The van der Waals surface area contributed by atoms with Gasteiger partial charge in [-0.3, -0.25) is 4.79 Å². The minimum Gasteiger partial charge on any atom is -0.486 e. The summed E-state index contributed by atoms with van der Waals surface area (Å²) in [4.78, 5) is 28.5. The van der Waals surface area contributed by atoms with Crippen molar-refractivity contribution < 1.29 is 37.3 Å². The van der Waals surface area contributed by atoms with Crippen LogP contribution in [-0.2, 0) is 10.0 Å². The average Bonchev–Trinajstić information content (AvgIpc) is 3.47. The van der Waals surface area contributed by atoms with Crippen LogP contribution in [0, 0.1) is 5.92 Å². The first-order chi connectivity index (χ1) is 20.6. The van der Waals surface area contributed by atoms with Gasteiger partial charge in [0.2, 0.25) is 16.8 Å². The van der Waals surface area contributed by atoms with Gasteiger partial charge in [-0.2, -0.15) is 4.31 Å². The molecule has 0 aliphatic carbocycles. The second kappa shape index (κ2) is 12.5. The first-order valence-electron chi connectivity index (χ1n) is 13.8. The Balaban J connectivity index is 1.45. The fourth-order valence-corrected chi connectivity index (χ4v) is 6.15. The Morgan fingerprint density at radius 2 is 1.81 bits per heavy atom. The van der Waals surface area contributed by atoms with Crippen LogP contribution in [0.5, 0.6) is 17.2 Å². The lowest BCUT2D eigenvalue weighted by Crippen LogP contribution is -2.50. The summed E-state index contributed by atoms with van der Waals surface area (Å²) < 4.78 is 45.0. The molecule has 0 saturated heterocycles. The number of nitrogens with one attached hydrogen (secondary N) is 2. The van der Waals surface area contributed by atoms with Gasteiger partial charge in [0.15, 0.2) is 17.2 Å². The van der Waals surface area contributed by atoms with E-state index < -0.39 is 28.2 Å². The van der Waals surface area contributed by atoms with Crippen LogP contribution in [0.25, 0.3) is 0 Å². The molecule has 12 nitrogen and oxygen atoms in total. The third kappa shape index (κ3) is 6.38. The van der Waals surface area contributed by atoms with Crippen molar-refractivity contribution in [2.24, 2.45) is 5.92 Å². The van der Waals surface area contributed by atoms with E-state index in [2.05, 4.69) is 10.6 Å². The second-order valence-corrected chi connectivity index (χ2v) is 12.6. The van der Waals surface area contributed by atoms with Gasteiger partial charge in [0.05, 0.1) is 35.3 Å². The van der Waals surface area contributed by atoms with Crippen LogP contribution in [0.4, 0.5) is 16.2 Å². The number of urea groups is 1. The van der Waals surface area contributed by atoms with E-state index in [0.717, 1.165) is 0 Å². The standard InChI is InChI=1S/C30H34N4O8S/c1-19-15-34(20(2)17-35)29(36)23-10-7-11-24(32-30(37)31-21-12-13-25-26(14-21)41-18-40-25)28(23)42-27(19)16-33(3)43(38,39)22-8-5-4-6-9-22/h4-14,19-20,27,35H,15-18H2,1-3H3,(H2,31,32,37)/t19-,20-,27-/m1/s1. The molecule has 0 saturated carbocycles. The lowest BCUT2D eigenvalue weighted by molar-refractivity contribution is 0.0389. The van der Waals surface area contributed by atoms with E-state index in [1.807, 2.05) is 6.92 Å². The fraction of sp³-hybridized carbons (Fsp3) is 0.333. The van der Waals surface area contributed by atoms with Gasteiger partial charge in [-0.15, -0.1) is 0 Å². The molecule has 3 atom stereocenters. The van der Waals surface area contributed by atoms with Crippen molar-refractivity contribution in [3.63, 3.8) is 0 Å². The van der Waals surface area contributed by atoms with Crippen molar-refractivity contribution >= 4 is 33.3 Å². The van der Waals surface area contributed by atoms with Gasteiger partial charge in [-0.1, -0.05) is 31.2 Å². The second-order valence-electron chi connectivity index (χ2n) is 10.6. The first kappa shape index (κ1) is 30.1. The largest absolute Gasteiger partial charge is 0.486 e. The summed E-state index contributed by atoms with van der Waals surface area (Å²) in [5.41, 5.74) is 0.847. The molecule has 0 fully saturated rings. The number of rotatable bonds is 8. The number of carbonyl (C=O) groups excluding carboxylic acids is 2. The van der Waals surface area contributed by atoms with Crippen LogP contribution < -0.4 is 24.8 Å². The van der Waals surface area contributed by atoms with Gasteiger partial charge in [0.25, 0.3) is 5.91 Å². The van der Waals surface area contributed by atoms with Gasteiger partial charge < -0.3 is 34.9 Å². The highest BCUT2D eigenvalue weighted by atomic mass is 32.2. The van der Waals surface area contributed by atoms with E-state index in [1.54, 1.807) is 66.4 Å².